The molecule has 5 nitrogen and oxygen atoms in total. The summed E-state index contributed by atoms with van der Waals surface area (Å²) in [6.45, 7) is 1.50. The Labute approximate surface area is 113 Å². The molecule has 1 amide bonds. The molecule has 0 unspecified atom stereocenters. The minimum atomic E-state index is -0.532. The lowest BCUT2D eigenvalue weighted by molar-refractivity contribution is 0.0791. The Bertz CT molecular complexity index is 437. The highest BCUT2D eigenvalue weighted by Gasteiger charge is 2.17. The van der Waals surface area contributed by atoms with Crippen molar-refractivity contribution in [1.82, 2.24) is 9.80 Å². The highest BCUT2D eigenvalue weighted by Crippen LogP contribution is 2.20. The number of nitrogens with two attached hydrogens (primary N) is 1. The summed E-state index contributed by atoms with van der Waals surface area (Å²) in [7, 11) is 5.65. The molecule has 0 aromatic heterocycles. The molecule has 0 spiro atoms. The Morgan fingerprint density at radius 1 is 1.32 bits per heavy atom. The predicted molar refractivity (Wildman–Crippen MR) is 74.3 cm³/mol. The molecule has 0 heterocycles. The van der Waals surface area contributed by atoms with Crippen LogP contribution in [0.3, 0.4) is 0 Å². The van der Waals surface area contributed by atoms with E-state index in [0.29, 0.717) is 6.54 Å². The van der Waals surface area contributed by atoms with Crippen LogP contribution < -0.4 is 11.3 Å². The van der Waals surface area contributed by atoms with E-state index in [1.807, 2.05) is 19.0 Å². The van der Waals surface area contributed by atoms with Gasteiger partial charge in [-0.05, 0) is 39.2 Å². The fourth-order valence-corrected chi connectivity index (χ4v) is 1.78. The van der Waals surface area contributed by atoms with Crippen molar-refractivity contribution in [2.24, 2.45) is 5.84 Å². The molecule has 0 aliphatic carbocycles. The van der Waals surface area contributed by atoms with Gasteiger partial charge in [-0.2, -0.15) is 0 Å². The Morgan fingerprint density at radius 3 is 2.58 bits per heavy atom. The van der Waals surface area contributed by atoms with Gasteiger partial charge in [0.25, 0.3) is 5.91 Å². The fourth-order valence-electron chi connectivity index (χ4n) is 1.78. The van der Waals surface area contributed by atoms with Gasteiger partial charge in [-0.15, -0.1) is 0 Å². The number of carbonyl (C=O) groups excluding carboxylic acids is 1. The van der Waals surface area contributed by atoms with E-state index in [9.17, 15) is 9.18 Å². The second-order valence-corrected chi connectivity index (χ2v) is 4.69. The minimum absolute atomic E-state index is 0.0342. The number of nitrogen functional groups attached to an aromatic ring is 1. The van der Waals surface area contributed by atoms with Crippen LogP contribution in [0.15, 0.2) is 18.2 Å². The molecular weight excluding hydrogens is 247 g/mol. The van der Waals surface area contributed by atoms with Crippen LogP contribution in [0, 0.1) is 5.82 Å². The second-order valence-electron chi connectivity index (χ2n) is 4.69. The Balaban J connectivity index is 2.74. The predicted octanol–water partition coefficient (Wildman–Crippen LogP) is 1.13. The van der Waals surface area contributed by atoms with Crippen LogP contribution in [-0.2, 0) is 0 Å². The highest BCUT2D eigenvalue weighted by molar-refractivity contribution is 5.99. The van der Waals surface area contributed by atoms with Crippen LogP contribution in [0.5, 0.6) is 0 Å². The number of hydrogen-bond acceptors (Lipinski definition) is 4. The van der Waals surface area contributed by atoms with Crippen LogP contribution in [0.2, 0.25) is 0 Å². The van der Waals surface area contributed by atoms with Crippen molar-refractivity contribution in [3.8, 4) is 0 Å². The molecule has 0 aliphatic rings. The summed E-state index contributed by atoms with van der Waals surface area (Å²) in [5.41, 5.74) is 2.52. The second kappa shape index (κ2) is 7.06. The number of nitrogens with zero attached hydrogens (tertiary/aromatic N) is 2. The quantitative estimate of drug-likeness (QED) is 0.600. The lowest BCUT2D eigenvalue weighted by Crippen LogP contribution is -2.30. The van der Waals surface area contributed by atoms with Gasteiger partial charge in [-0.3, -0.25) is 10.6 Å². The van der Waals surface area contributed by atoms with Crippen molar-refractivity contribution in [2.45, 2.75) is 6.42 Å². The largest absolute Gasteiger partial charge is 0.342 e. The summed E-state index contributed by atoms with van der Waals surface area (Å²) in [4.78, 5) is 15.8. The number of benzene rings is 1. The Morgan fingerprint density at radius 2 is 2.00 bits per heavy atom. The summed E-state index contributed by atoms with van der Waals surface area (Å²) < 4.78 is 13.5. The lowest BCUT2D eigenvalue weighted by Gasteiger charge is -2.20. The maximum absolute atomic E-state index is 13.5. The van der Waals surface area contributed by atoms with Crippen molar-refractivity contribution in [3.63, 3.8) is 0 Å². The van der Waals surface area contributed by atoms with Crippen LogP contribution >= 0.6 is 0 Å². The van der Waals surface area contributed by atoms with Crippen LogP contribution in [0.25, 0.3) is 0 Å². The summed E-state index contributed by atoms with van der Waals surface area (Å²) in [6.07, 6.45) is 0.857. The molecule has 1 aromatic rings. The van der Waals surface area contributed by atoms with Gasteiger partial charge in [0, 0.05) is 13.6 Å². The normalized spacial score (nSPS) is 10.6. The van der Waals surface area contributed by atoms with Gasteiger partial charge in [0.15, 0.2) is 0 Å². The van der Waals surface area contributed by atoms with Crippen molar-refractivity contribution >= 4 is 11.6 Å². The van der Waals surface area contributed by atoms with Crippen LogP contribution in [0.1, 0.15) is 16.8 Å². The van der Waals surface area contributed by atoms with E-state index < -0.39 is 5.82 Å². The molecule has 0 saturated heterocycles. The molecule has 0 saturated carbocycles. The van der Waals surface area contributed by atoms with E-state index in [1.165, 1.54) is 12.1 Å². The number of amides is 1. The van der Waals surface area contributed by atoms with Crippen LogP contribution in [0.4, 0.5) is 10.1 Å². The Hall–Kier alpha value is -1.66. The number of anilines is 1. The molecule has 1 aromatic carbocycles. The lowest BCUT2D eigenvalue weighted by atomic mass is 10.1. The standard InChI is InChI=1S/C13H21FN4O/c1-17(2)8-5-9-18(3)13(19)10-6-4-7-11(14)12(10)16-15/h4,6-7,16H,5,8-9,15H2,1-3H3. The topological polar surface area (TPSA) is 61.6 Å². The number of hydrogen-bond donors (Lipinski definition) is 2. The molecule has 3 N–H and O–H groups in total. The summed E-state index contributed by atoms with van der Waals surface area (Å²) in [5, 5.41) is 0. The summed E-state index contributed by atoms with van der Waals surface area (Å²) >= 11 is 0. The average Bonchev–Trinajstić information content (AvgIpc) is 2.37. The third-order valence-corrected chi connectivity index (χ3v) is 2.83. The molecule has 1 rings (SSSR count). The fraction of sp³-hybridized carbons (Fsp3) is 0.462. The zero-order valence-corrected chi connectivity index (χ0v) is 11.6. The first-order chi connectivity index (χ1) is 8.97. The van der Waals surface area contributed by atoms with Gasteiger partial charge in [0.1, 0.15) is 5.82 Å². The van der Waals surface area contributed by atoms with E-state index in [4.69, 9.17) is 5.84 Å². The monoisotopic (exact) mass is 268 g/mol. The van der Waals surface area contributed by atoms with E-state index in [-0.39, 0.29) is 17.2 Å². The van der Waals surface area contributed by atoms with E-state index in [0.717, 1.165) is 13.0 Å². The maximum Gasteiger partial charge on any atom is 0.255 e. The SMILES string of the molecule is CN(C)CCCN(C)C(=O)c1cccc(F)c1NN. The van der Waals surface area contributed by atoms with E-state index in [1.54, 1.807) is 18.0 Å². The van der Waals surface area contributed by atoms with Gasteiger partial charge < -0.3 is 15.2 Å². The number of para-hydroxylation sites is 1. The van der Waals surface area contributed by atoms with Crippen molar-refractivity contribution in [2.75, 3.05) is 39.7 Å². The zero-order valence-electron chi connectivity index (χ0n) is 11.6. The molecule has 0 atom stereocenters. The van der Waals surface area contributed by atoms with E-state index >= 15 is 0 Å². The molecule has 19 heavy (non-hydrogen) atoms. The van der Waals surface area contributed by atoms with Gasteiger partial charge in [0.05, 0.1) is 11.3 Å². The number of hydrazine groups is 1. The van der Waals surface area contributed by atoms with Gasteiger partial charge >= 0.3 is 0 Å². The van der Waals surface area contributed by atoms with Gasteiger partial charge in [-0.25, -0.2) is 4.39 Å². The van der Waals surface area contributed by atoms with Gasteiger partial charge in [-0.1, -0.05) is 6.07 Å². The average molecular weight is 268 g/mol. The highest BCUT2D eigenvalue weighted by atomic mass is 19.1. The molecule has 0 radical (unpaired) electrons. The first kappa shape index (κ1) is 15.4. The van der Waals surface area contributed by atoms with Crippen molar-refractivity contribution < 1.29 is 9.18 Å². The molecule has 106 valence electrons. The first-order valence-electron chi connectivity index (χ1n) is 6.12. The molecular formula is C13H21FN4O. The van der Waals surface area contributed by atoms with Crippen molar-refractivity contribution in [1.29, 1.82) is 0 Å². The number of rotatable bonds is 6. The maximum atomic E-state index is 13.5. The smallest absolute Gasteiger partial charge is 0.255 e. The summed E-state index contributed by atoms with van der Waals surface area (Å²) in [6, 6.07) is 4.32. The Kier molecular flexibility index (Phi) is 5.72. The van der Waals surface area contributed by atoms with E-state index in [2.05, 4.69) is 5.43 Å². The van der Waals surface area contributed by atoms with Crippen molar-refractivity contribution in [3.05, 3.63) is 29.6 Å². The zero-order chi connectivity index (χ0) is 14.4. The summed E-state index contributed by atoms with van der Waals surface area (Å²) in [5.74, 6) is 4.49. The minimum Gasteiger partial charge on any atom is -0.342 e. The first-order valence-corrected chi connectivity index (χ1v) is 6.12. The number of nitrogens with one attached hydrogen (secondary N) is 1. The third kappa shape index (κ3) is 4.18. The number of carbonyl (C=O) groups is 1. The molecule has 6 heteroatoms. The molecule has 0 aliphatic heterocycles. The molecule has 0 bridgehead atoms. The van der Waals surface area contributed by atoms with Crippen LogP contribution in [-0.4, -0.2) is 49.9 Å². The number of halogens is 1. The molecule has 0 fully saturated rings. The van der Waals surface area contributed by atoms with Gasteiger partial charge in [0.2, 0.25) is 0 Å². The third-order valence-electron chi connectivity index (χ3n) is 2.83.